The number of nitrogens with two attached hydrogens (primary N) is 1. The van der Waals surface area contributed by atoms with E-state index in [1.165, 1.54) is 28.2 Å². The molecular formula is C16H18N4O5S2. The number of carbonyl (C=O) groups excluding carboxylic acids is 3. The Morgan fingerprint density at radius 3 is 2.70 bits per heavy atom. The molecular weight excluding hydrogens is 392 g/mol. The summed E-state index contributed by atoms with van der Waals surface area (Å²) in [6, 6.07) is -0.678. The Bertz CT molecular complexity index is 828. The van der Waals surface area contributed by atoms with E-state index >= 15 is 0 Å². The second-order valence-corrected chi connectivity index (χ2v) is 8.68. The highest BCUT2D eigenvalue weighted by Crippen LogP contribution is 2.40. The standard InChI is InChI=1S/C16H18N4O5S2/c1-16(2,3)15(23)25-24-14(22)11-8(4-5-9-7-27-19-18-9)6-26-13-10(17)12(21)20(11)13/h4-5,7,10,13H,6,17H2,1-3H3/b5-4-/t10?,13-/m1/s1. The quantitative estimate of drug-likeness (QED) is 0.443. The molecule has 0 aromatic carbocycles. The Hall–Kier alpha value is -2.24. The summed E-state index contributed by atoms with van der Waals surface area (Å²) in [6.45, 7) is 4.89. The molecule has 1 saturated heterocycles. The number of thioether (sulfide) groups is 1. The monoisotopic (exact) mass is 410 g/mol. The van der Waals surface area contributed by atoms with Gasteiger partial charge in [-0.2, -0.15) is 0 Å². The average Bonchev–Trinajstić information content (AvgIpc) is 3.15. The Morgan fingerprint density at radius 1 is 1.33 bits per heavy atom. The molecule has 1 unspecified atom stereocenters. The minimum absolute atomic E-state index is 0.0200. The van der Waals surface area contributed by atoms with Crippen molar-refractivity contribution in [3.8, 4) is 0 Å². The first-order valence-corrected chi connectivity index (χ1v) is 9.90. The van der Waals surface area contributed by atoms with Crippen molar-refractivity contribution in [2.75, 3.05) is 5.75 Å². The van der Waals surface area contributed by atoms with Crippen LogP contribution in [0.5, 0.6) is 0 Å². The number of carbonyl (C=O) groups is 3. The lowest BCUT2D eigenvalue weighted by Crippen LogP contribution is -2.68. The number of amides is 1. The van der Waals surface area contributed by atoms with E-state index in [-0.39, 0.29) is 17.0 Å². The fourth-order valence-corrected chi connectivity index (χ4v) is 4.02. The minimum Gasteiger partial charge on any atom is -0.317 e. The predicted octanol–water partition coefficient (Wildman–Crippen LogP) is 1.10. The van der Waals surface area contributed by atoms with Crippen LogP contribution >= 0.6 is 23.3 Å². The number of aromatic nitrogens is 2. The summed E-state index contributed by atoms with van der Waals surface area (Å²) in [5.41, 5.74) is 6.16. The van der Waals surface area contributed by atoms with Gasteiger partial charge in [-0.05, 0) is 44.0 Å². The molecule has 9 nitrogen and oxygen atoms in total. The summed E-state index contributed by atoms with van der Waals surface area (Å²) in [7, 11) is 0. The molecule has 1 fully saturated rings. The third kappa shape index (κ3) is 3.89. The zero-order chi connectivity index (χ0) is 19.8. The average molecular weight is 410 g/mol. The van der Waals surface area contributed by atoms with Crippen LogP contribution in [-0.2, 0) is 24.2 Å². The highest BCUT2D eigenvalue weighted by Gasteiger charge is 2.52. The van der Waals surface area contributed by atoms with Crippen molar-refractivity contribution in [3.63, 3.8) is 0 Å². The number of β-lactam (4-membered cyclic amide) rings is 1. The van der Waals surface area contributed by atoms with Crippen molar-refractivity contribution in [1.82, 2.24) is 14.5 Å². The fraction of sp³-hybridized carbons (Fsp3) is 0.438. The lowest BCUT2D eigenvalue weighted by molar-refractivity contribution is -0.263. The van der Waals surface area contributed by atoms with Gasteiger partial charge in [-0.1, -0.05) is 10.6 Å². The Labute approximate surface area is 163 Å². The molecule has 0 bridgehead atoms. The summed E-state index contributed by atoms with van der Waals surface area (Å²) in [5.74, 6) is -1.57. The smallest absolute Gasteiger partial charge is 0.317 e. The van der Waals surface area contributed by atoms with Crippen molar-refractivity contribution in [2.24, 2.45) is 11.1 Å². The predicted molar refractivity (Wildman–Crippen MR) is 98.7 cm³/mol. The van der Waals surface area contributed by atoms with E-state index in [1.54, 1.807) is 38.3 Å². The van der Waals surface area contributed by atoms with Gasteiger partial charge in [0.25, 0.3) is 0 Å². The number of hydrogen-bond acceptors (Lipinski definition) is 10. The maximum Gasteiger partial charge on any atom is 0.402 e. The number of allylic oxidation sites excluding steroid dienone is 1. The van der Waals surface area contributed by atoms with Crippen molar-refractivity contribution in [3.05, 3.63) is 28.4 Å². The lowest BCUT2D eigenvalue weighted by atomic mass is 9.98. The summed E-state index contributed by atoms with van der Waals surface area (Å²) in [5, 5.41) is 5.29. The molecule has 0 saturated carbocycles. The van der Waals surface area contributed by atoms with Crippen LogP contribution in [0.2, 0.25) is 0 Å². The van der Waals surface area contributed by atoms with Gasteiger partial charge in [-0.15, -0.1) is 16.9 Å². The van der Waals surface area contributed by atoms with E-state index in [9.17, 15) is 14.4 Å². The van der Waals surface area contributed by atoms with Crippen molar-refractivity contribution in [2.45, 2.75) is 32.2 Å². The molecule has 2 atom stereocenters. The highest BCUT2D eigenvalue weighted by atomic mass is 32.2. The molecule has 11 heteroatoms. The van der Waals surface area contributed by atoms with Gasteiger partial charge in [0.05, 0.1) is 11.1 Å². The first-order valence-electron chi connectivity index (χ1n) is 8.02. The van der Waals surface area contributed by atoms with Crippen LogP contribution in [0, 0.1) is 5.41 Å². The van der Waals surface area contributed by atoms with Crippen molar-refractivity contribution >= 4 is 47.2 Å². The zero-order valence-electron chi connectivity index (χ0n) is 14.9. The molecule has 1 aromatic rings. The summed E-state index contributed by atoms with van der Waals surface area (Å²) < 4.78 is 3.76. The Morgan fingerprint density at radius 2 is 2.07 bits per heavy atom. The van der Waals surface area contributed by atoms with E-state index < -0.39 is 23.4 Å². The van der Waals surface area contributed by atoms with E-state index in [1.807, 2.05) is 0 Å². The molecule has 144 valence electrons. The number of hydrogen-bond donors (Lipinski definition) is 1. The lowest BCUT2D eigenvalue weighted by Gasteiger charge is -2.47. The van der Waals surface area contributed by atoms with E-state index in [4.69, 9.17) is 10.6 Å². The number of nitrogens with zero attached hydrogens (tertiary/aromatic N) is 3. The first kappa shape index (κ1) is 19.5. The first-order chi connectivity index (χ1) is 12.7. The Balaban J connectivity index is 1.85. The van der Waals surface area contributed by atoms with Crippen molar-refractivity contribution in [1.29, 1.82) is 0 Å². The van der Waals surface area contributed by atoms with Gasteiger partial charge in [0.1, 0.15) is 17.1 Å². The second-order valence-electron chi connectivity index (χ2n) is 6.96. The number of fused-ring (bicyclic) bond motifs is 1. The summed E-state index contributed by atoms with van der Waals surface area (Å²) >= 11 is 2.64. The largest absolute Gasteiger partial charge is 0.402 e. The summed E-state index contributed by atoms with van der Waals surface area (Å²) in [4.78, 5) is 47.3. The van der Waals surface area contributed by atoms with Gasteiger partial charge in [-0.25, -0.2) is 19.4 Å². The summed E-state index contributed by atoms with van der Waals surface area (Å²) in [6.07, 6.45) is 3.34. The molecule has 27 heavy (non-hydrogen) atoms. The number of rotatable bonds is 3. The van der Waals surface area contributed by atoms with E-state index in [0.29, 0.717) is 17.0 Å². The molecule has 2 aliphatic rings. The fourth-order valence-electron chi connectivity index (χ4n) is 2.33. The maximum absolute atomic E-state index is 12.6. The molecule has 1 aromatic heterocycles. The molecule has 0 spiro atoms. The van der Waals surface area contributed by atoms with Gasteiger partial charge >= 0.3 is 11.9 Å². The maximum atomic E-state index is 12.6. The van der Waals surface area contributed by atoms with E-state index in [2.05, 4.69) is 14.5 Å². The van der Waals surface area contributed by atoms with Gasteiger partial charge < -0.3 is 5.73 Å². The van der Waals surface area contributed by atoms with Crippen LogP contribution in [0.15, 0.2) is 22.7 Å². The van der Waals surface area contributed by atoms with Crippen LogP contribution in [0.4, 0.5) is 0 Å². The van der Waals surface area contributed by atoms with Gasteiger partial charge in [0, 0.05) is 11.1 Å². The molecule has 1 amide bonds. The SMILES string of the molecule is CC(C)(C)C(=O)OOC(=O)C1=C(/C=C\c2csnn2)CS[C@@H]2C(N)C(=O)N12. The molecule has 0 aliphatic carbocycles. The van der Waals surface area contributed by atoms with Gasteiger partial charge in [0.15, 0.2) is 0 Å². The van der Waals surface area contributed by atoms with Crippen LogP contribution in [0.1, 0.15) is 26.5 Å². The Kier molecular flexibility index (Phi) is 5.36. The topological polar surface area (TPSA) is 125 Å². The third-order valence-electron chi connectivity index (χ3n) is 3.87. The minimum atomic E-state index is -0.922. The molecule has 3 heterocycles. The highest BCUT2D eigenvalue weighted by molar-refractivity contribution is 8.00. The third-order valence-corrected chi connectivity index (χ3v) is 5.72. The van der Waals surface area contributed by atoms with Crippen LogP contribution in [-0.4, -0.2) is 49.5 Å². The molecule has 2 aliphatic heterocycles. The van der Waals surface area contributed by atoms with Crippen molar-refractivity contribution < 1.29 is 24.2 Å². The second kappa shape index (κ2) is 7.41. The van der Waals surface area contributed by atoms with Crippen LogP contribution < -0.4 is 5.73 Å². The zero-order valence-corrected chi connectivity index (χ0v) is 16.5. The van der Waals surface area contributed by atoms with E-state index in [0.717, 1.165) is 0 Å². The van der Waals surface area contributed by atoms with Crippen LogP contribution in [0.3, 0.4) is 0 Å². The normalized spacial score (nSPS) is 22.5. The molecule has 3 rings (SSSR count). The van der Waals surface area contributed by atoms with Gasteiger partial charge in [0.2, 0.25) is 5.91 Å². The molecule has 0 radical (unpaired) electrons. The molecule has 2 N–H and O–H groups in total. The van der Waals surface area contributed by atoms with Gasteiger partial charge in [-0.3, -0.25) is 9.69 Å². The van der Waals surface area contributed by atoms with Crippen LogP contribution in [0.25, 0.3) is 6.08 Å².